The summed E-state index contributed by atoms with van der Waals surface area (Å²) < 4.78 is 0. The zero-order valence-electron chi connectivity index (χ0n) is 20.3. The van der Waals surface area contributed by atoms with Gasteiger partial charge in [0.2, 0.25) is 0 Å². The number of benzene rings is 2. The first-order valence-corrected chi connectivity index (χ1v) is 10.6. The molecule has 1 heterocycles. The molecule has 3 aromatic rings. The molecular formula is C28H34IrNO2-. The first kappa shape index (κ1) is 27.7. The second-order valence-electron chi connectivity index (χ2n) is 10.0. The molecule has 0 aliphatic carbocycles. The summed E-state index contributed by atoms with van der Waals surface area (Å²) in [5, 5.41) is 10.7. The predicted octanol–water partition coefficient (Wildman–Crippen LogP) is 7.41. The Hall–Kier alpha value is -2.29. The largest absolute Gasteiger partial charge is 0.512 e. The molecule has 1 N–H and O–H groups in total. The van der Waals surface area contributed by atoms with Crippen LogP contribution in [0.5, 0.6) is 0 Å². The van der Waals surface area contributed by atoms with Crippen LogP contribution in [0.4, 0.5) is 0 Å². The first-order valence-electron chi connectivity index (χ1n) is 10.6. The molecule has 0 spiro atoms. The van der Waals surface area contributed by atoms with Crippen LogP contribution in [0.25, 0.3) is 22.2 Å². The van der Waals surface area contributed by atoms with Crippen LogP contribution in [-0.2, 0) is 24.9 Å². The van der Waals surface area contributed by atoms with Gasteiger partial charge in [-0.05, 0) is 29.6 Å². The number of carbonyl (C=O) groups is 1. The molecule has 2 aromatic carbocycles. The Balaban J connectivity index is 0.000000330. The quantitative estimate of drug-likeness (QED) is 0.187. The minimum absolute atomic E-state index is 0. The van der Waals surface area contributed by atoms with E-state index in [2.05, 4.69) is 62.4 Å². The van der Waals surface area contributed by atoms with Crippen LogP contribution < -0.4 is 0 Å². The van der Waals surface area contributed by atoms with Gasteiger partial charge < -0.3 is 5.11 Å². The average molecular weight is 609 g/mol. The van der Waals surface area contributed by atoms with E-state index in [4.69, 9.17) is 4.98 Å². The van der Waals surface area contributed by atoms with Crippen LogP contribution in [0.1, 0.15) is 52.7 Å². The molecule has 32 heavy (non-hydrogen) atoms. The van der Waals surface area contributed by atoms with Gasteiger partial charge in [0, 0.05) is 37.0 Å². The van der Waals surface area contributed by atoms with Gasteiger partial charge in [-0.3, -0.25) is 9.78 Å². The number of aromatic nitrogens is 1. The summed E-state index contributed by atoms with van der Waals surface area (Å²) in [4.78, 5) is 16.2. The molecule has 0 atom stereocenters. The molecular weight excluding hydrogens is 575 g/mol. The Morgan fingerprint density at radius 1 is 0.938 bits per heavy atom. The number of aliphatic hydroxyl groups is 1. The number of allylic oxidation sites excluding steroid dienone is 2. The molecule has 0 aliphatic heterocycles. The van der Waals surface area contributed by atoms with Gasteiger partial charge in [-0.2, -0.15) is 0 Å². The molecule has 1 aromatic heterocycles. The summed E-state index contributed by atoms with van der Waals surface area (Å²) in [7, 11) is 0. The number of aryl methyl sites for hydroxylation is 2. The van der Waals surface area contributed by atoms with Gasteiger partial charge in [0.15, 0.2) is 5.78 Å². The van der Waals surface area contributed by atoms with Crippen molar-refractivity contribution >= 4 is 16.7 Å². The van der Waals surface area contributed by atoms with Crippen LogP contribution in [0.15, 0.2) is 60.4 Å². The molecule has 3 nitrogen and oxygen atoms in total. The van der Waals surface area contributed by atoms with Crippen molar-refractivity contribution in [3.63, 3.8) is 0 Å². The van der Waals surface area contributed by atoms with Gasteiger partial charge in [0.05, 0.1) is 5.52 Å². The van der Waals surface area contributed by atoms with Crippen molar-refractivity contribution in [2.24, 2.45) is 10.8 Å². The third-order valence-electron chi connectivity index (χ3n) is 4.84. The number of nitrogens with zero attached hydrogens (tertiary/aromatic N) is 1. The van der Waals surface area contributed by atoms with Crippen LogP contribution in [0.3, 0.4) is 0 Å². The van der Waals surface area contributed by atoms with E-state index in [0.29, 0.717) is 0 Å². The smallest absolute Gasteiger partial charge is 0.164 e. The monoisotopic (exact) mass is 609 g/mol. The molecule has 0 unspecified atom stereocenters. The van der Waals surface area contributed by atoms with Gasteiger partial charge in [0.1, 0.15) is 5.76 Å². The zero-order chi connectivity index (χ0) is 23.4. The van der Waals surface area contributed by atoms with E-state index < -0.39 is 5.41 Å². The SMILES string of the molecule is CC(C)(C)C(=O)/C=C(\O)C(C)(C)C.Cc1[c-]c(-c2ccc3ccc(C)cc3n2)ccc1.[Ir]. The standard InChI is InChI=1S/C17H14N.C11H20O2.Ir/c1-12-4-3-5-15(10-12)16-9-8-14-7-6-13(2)11-17(14)18-16;1-10(2,3)8(12)7-9(13)11(4,5)6;/h3-9,11H,1-2H3;7,12H,1-6H3;/q-1;;/b;8-7-;. The Bertz CT molecular complexity index is 1100. The maximum absolute atomic E-state index is 11.5. The van der Waals surface area contributed by atoms with Crippen molar-refractivity contribution in [2.45, 2.75) is 55.4 Å². The minimum atomic E-state index is -0.417. The summed E-state index contributed by atoms with van der Waals surface area (Å²) in [6.07, 6.45) is 1.33. The molecule has 0 bridgehead atoms. The number of hydrogen-bond donors (Lipinski definition) is 1. The third-order valence-corrected chi connectivity index (χ3v) is 4.84. The average Bonchev–Trinajstić information content (AvgIpc) is 2.66. The zero-order valence-corrected chi connectivity index (χ0v) is 22.7. The molecule has 1 radical (unpaired) electrons. The maximum atomic E-state index is 11.5. The van der Waals surface area contributed by atoms with E-state index in [1.165, 1.54) is 17.0 Å². The van der Waals surface area contributed by atoms with E-state index in [9.17, 15) is 9.90 Å². The molecule has 0 amide bonds. The van der Waals surface area contributed by atoms with Gasteiger partial charge in [-0.15, -0.1) is 35.4 Å². The Morgan fingerprint density at radius 3 is 2.12 bits per heavy atom. The third kappa shape index (κ3) is 8.00. The Kier molecular flexibility index (Phi) is 9.56. The molecule has 173 valence electrons. The molecule has 0 fully saturated rings. The fraction of sp³-hybridized carbons (Fsp3) is 0.357. The van der Waals surface area contributed by atoms with Gasteiger partial charge in [-0.1, -0.05) is 72.7 Å². The van der Waals surface area contributed by atoms with Crippen molar-refractivity contribution < 1.29 is 30.0 Å². The summed E-state index contributed by atoms with van der Waals surface area (Å²) in [5.41, 5.74) is 4.69. The van der Waals surface area contributed by atoms with Crippen LogP contribution in [0, 0.1) is 30.7 Å². The summed E-state index contributed by atoms with van der Waals surface area (Å²) in [6.45, 7) is 15.3. The minimum Gasteiger partial charge on any atom is -0.512 e. The fourth-order valence-corrected chi connectivity index (χ4v) is 2.67. The van der Waals surface area contributed by atoms with Crippen molar-refractivity contribution in [1.29, 1.82) is 0 Å². The van der Waals surface area contributed by atoms with E-state index in [0.717, 1.165) is 22.3 Å². The van der Waals surface area contributed by atoms with E-state index in [1.807, 2.05) is 47.6 Å². The Morgan fingerprint density at radius 2 is 1.56 bits per heavy atom. The molecule has 4 heteroatoms. The number of rotatable bonds is 2. The number of fused-ring (bicyclic) bond motifs is 1. The van der Waals surface area contributed by atoms with Gasteiger partial charge in [-0.25, -0.2) is 0 Å². The first-order chi connectivity index (χ1) is 14.3. The number of aliphatic hydroxyl groups excluding tert-OH is 1. The van der Waals surface area contributed by atoms with E-state index in [1.54, 1.807) is 0 Å². The van der Waals surface area contributed by atoms with Crippen molar-refractivity contribution in [3.05, 3.63) is 77.6 Å². The summed E-state index contributed by atoms with van der Waals surface area (Å²) in [5.74, 6) is 0.104. The summed E-state index contributed by atoms with van der Waals surface area (Å²) in [6, 6.07) is 20.0. The summed E-state index contributed by atoms with van der Waals surface area (Å²) >= 11 is 0. The second-order valence-corrected chi connectivity index (χ2v) is 10.0. The number of pyridine rings is 1. The molecule has 0 aliphatic rings. The second kappa shape index (κ2) is 11.0. The topological polar surface area (TPSA) is 50.2 Å². The number of carbonyl (C=O) groups excluding carboxylic acids is 1. The van der Waals surface area contributed by atoms with E-state index in [-0.39, 0.29) is 37.1 Å². The van der Waals surface area contributed by atoms with E-state index >= 15 is 0 Å². The van der Waals surface area contributed by atoms with Gasteiger partial charge >= 0.3 is 0 Å². The van der Waals surface area contributed by atoms with Crippen LogP contribution in [0.2, 0.25) is 0 Å². The van der Waals surface area contributed by atoms with Crippen LogP contribution >= 0.6 is 0 Å². The van der Waals surface area contributed by atoms with Crippen LogP contribution in [-0.4, -0.2) is 15.9 Å². The molecule has 0 saturated heterocycles. The number of ketones is 1. The predicted molar refractivity (Wildman–Crippen MR) is 130 cm³/mol. The molecule has 0 saturated carbocycles. The van der Waals surface area contributed by atoms with Crippen molar-refractivity contribution in [3.8, 4) is 11.3 Å². The van der Waals surface area contributed by atoms with Gasteiger partial charge in [0.25, 0.3) is 0 Å². The molecule has 3 rings (SSSR count). The Labute approximate surface area is 206 Å². The fourth-order valence-electron chi connectivity index (χ4n) is 2.67. The van der Waals surface area contributed by atoms with Crippen molar-refractivity contribution in [1.82, 2.24) is 4.98 Å². The van der Waals surface area contributed by atoms with Crippen molar-refractivity contribution in [2.75, 3.05) is 0 Å². The normalized spacial score (nSPS) is 11.9. The maximum Gasteiger partial charge on any atom is 0.164 e. The number of hydrogen-bond acceptors (Lipinski definition) is 3.